The first-order valence-electron chi connectivity index (χ1n) is 9.57. The van der Waals surface area contributed by atoms with Crippen molar-refractivity contribution in [2.75, 3.05) is 13.2 Å². The maximum Gasteiger partial charge on any atom is 0.338 e. The third-order valence-corrected chi connectivity index (χ3v) is 5.16. The van der Waals surface area contributed by atoms with Gasteiger partial charge in [-0.25, -0.2) is 9.78 Å². The number of unbranched alkanes of at least 4 members (excludes halogenated alkanes) is 1. The van der Waals surface area contributed by atoms with Crippen molar-refractivity contribution in [1.29, 1.82) is 0 Å². The van der Waals surface area contributed by atoms with E-state index in [-0.39, 0.29) is 12.2 Å². The zero-order valence-electron chi connectivity index (χ0n) is 16.8. The molecule has 0 radical (unpaired) electrons. The van der Waals surface area contributed by atoms with Gasteiger partial charge in [-0.05, 0) is 38.5 Å². The molecule has 0 aliphatic carbocycles. The van der Waals surface area contributed by atoms with Crippen molar-refractivity contribution in [3.8, 4) is 11.5 Å². The molecule has 3 rings (SSSR count). The van der Waals surface area contributed by atoms with Crippen LogP contribution in [-0.2, 0) is 11.3 Å². The second-order valence-corrected chi connectivity index (χ2v) is 7.29. The Morgan fingerprint density at radius 3 is 2.76 bits per heavy atom. The summed E-state index contributed by atoms with van der Waals surface area (Å²) in [7, 11) is 0. The van der Waals surface area contributed by atoms with E-state index < -0.39 is 5.97 Å². The molecule has 0 saturated heterocycles. The Bertz CT molecular complexity index is 1060. The van der Waals surface area contributed by atoms with E-state index in [1.54, 1.807) is 18.2 Å². The molecule has 8 heteroatoms. The van der Waals surface area contributed by atoms with Gasteiger partial charge in [-0.1, -0.05) is 13.3 Å². The van der Waals surface area contributed by atoms with Crippen LogP contribution in [0.3, 0.4) is 0 Å². The number of benzene rings is 1. The fraction of sp³-hybridized carbons (Fsp3) is 0.381. The second kappa shape index (κ2) is 9.56. The molecule has 2 heterocycles. The molecule has 0 bridgehead atoms. The molecule has 0 spiro atoms. The number of aromatic nitrogens is 2. The Balaban J connectivity index is 1.71. The second-order valence-electron chi connectivity index (χ2n) is 6.45. The summed E-state index contributed by atoms with van der Waals surface area (Å²) < 4.78 is 18.2. The number of esters is 1. The fourth-order valence-corrected chi connectivity index (χ4v) is 3.64. The maximum atomic E-state index is 12.5. The highest BCUT2D eigenvalue weighted by molar-refractivity contribution is 7.15. The van der Waals surface area contributed by atoms with Gasteiger partial charge < -0.3 is 14.2 Å². The van der Waals surface area contributed by atoms with Crippen molar-refractivity contribution in [3.05, 3.63) is 57.0 Å². The Morgan fingerprint density at radius 2 is 2.00 bits per heavy atom. The van der Waals surface area contributed by atoms with Gasteiger partial charge in [0.15, 0.2) is 16.5 Å². The number of carbonyl (C=O) groups excluding carboxylic acids is 1. The molecule has 3 aromatic rings. The average Bonchev–Trinajstić information content (AvgIpc) is 3.09. The zero-order valence-corrected chi connectivity index (χ0v) is 17.6. The summed E-state index contributed by atoms with van der Waals surface area (Å²) in [6.45, 7) is 6.77. The van der Waals surface area contributed by atoms with Crippen LogP contribution in [-0.4, -0.2) is 28.6 Å². The van der Waals surface area contributed by atoms with Gasteiger partial charge in [0.05, 0.1) is 24.5 Å². The molecule has 0 amide bonds. The first kappa shape index (κ1) is 20.9. The Hall–Kier alpha value is -2.87. The van der Waals surface area contributed by atoms with Gasteiger partial charge in [-0.15, -0.1) is 11.3 Å². The molecule has 0 atom stereocenters. The monoisotopic (exact) mass is 416 g/mol. The van der Waals surface area contributed by atoms with Crippen molar-refractivity contribution >= 4 is 22.3 Å². The third-order valence-electron chi connectivity index (χ3n) is 4.21. The predicted molar refractivity (Wildman–Crippen MR) is 111 cm³/mol. The van der Waals surface area contributed by atoms with Gasteiger partial charge in [-0.3, -0.25) is 9.20 Å². The van der Waals surface area contributed by atoms with Crippen LogP contribution in [0.25, 0.3) is 4.96 Å². The summed E-state index contributed by atoms with van der Waals surface area (Å²) in [5.41, 5.74) is 1.40. The standard InChI is InChI=1S/C21H24N2O5S/c1-4-6-9-27-17-8-7-15(10-18(17)26-5-2)20(25)28-12-16-11-19(24)23-14(3)13-29-21(23)22-16/h7-8,10-11,13H,4-6,9,12H2,1-3H3. The van der Waals surface area contributed by atoms with Gasteiger partial charge in [0.1, 0.15) is 6.61 Å². The van der Waals surface area contributed by atoms with Gasteiger partial charge >= 0.3 is 5.97 Å². The van der Waals surface area contributed by atoms with Crippen LogP contribution in [0, 0.1) is 6.92 Å². The zero-order chi connectivity index (χ0) is 20.8. The molecule has 154 valence electrons. The summed E-state index contributed by atoms with van der Waals surface area (Å²) in [4.78, 5) is 29.7. The normalized spacial score (nSPS) is 10.9. The average molecular weight is 416 g/mol. The van der Waals surface area contributed by atoms with Crippen molar-refractivity contribution in [3.63, 3.8) is 0 Å². The first-order valence-corrected chi connectivity index (χ1v) is 10.4. The van der Waals surface area contributed by atoms with E-state index in [0.29, 0.717) is 40.9 Å². The van der Waals surface area contributed by atoms with Crippen LogP contribution in [0.15, 0.2) is 34.4 Å². The highest BCUT2D eigenvalue weighted by atomic mass is 32.1. The lowest BCUT2D eigenvalue weighted by Gasteiger charge is -2.13. The number of ether oxygens (including phenoxy) is 3. The molecular formula is C21H24N2O5S. The maximum absolute atomic E-state index is 12.5. The summed E-state index contributed by atoms with van der Waals surface area (Å²) >= 11 is 1.37. The van der Waals surface area contributed by atoms with E-state index in [4.69, 9.17) is 14.2 Å². The molecule has 29 heavy (non-hydrogen) atoms. The van der Waals surface area contributed by atoms with Gasteiger partial charge in [0.25, 0.3) is 5.56 Å². The minimum absolute atomic E-state index is 0.0831. The molecule has 0 fully saturated rings. The van der Waals surface area contributed by atoms with Crippen molar-refractivity contribution in [2.24, 2.45) is 0 Å². The molecule has 1 aromatic carbocycles. The molecule has 0 aliphatic heterocycles. The molecule has 0 N–H and O–H groups in total. The van der Waals surface area contributed by atoms with Crippen LogP contribution in [0.4, 0.5) is 0 Å². The molecule has 0 saturated carbocycles. The highest BCUT2D eigenvalue weighted by Crippen LogP contribution is 2.29. The topological polar surface area (TPSA) is 79.1 Å². The molecule has 2 aromatic heterocycles. The number of nitrogens with zero attached hydrogens (tertiary/aromatic N) is 2. The number of thiazole rings is 1. The van der Waals surface area contributed by atoms with E-state index >= 15 is 0 Å². The number of fused-ring (bicyclic) bond motifs is 1. The molecular weight excluding hydrogens is 392 g/mol. The van der Waals surface area contributed by atoms with Crippen LogP contribution < -0.4 is 15.0 Å². The lowest BCUT2D eigenvalue weighted by molar-refractivity contribution is 0.0467. The fourth-order valence-electron chi connectivity index (χ4n) is 2.75. The summed E-state index contributed by atoms with van der Waals surface area (Å²) in [5.74, 6) is 0.588. The Morgan fingerprint density at radius 1 is 1.17 bits per heavy atom. The van der Waals surface area contributed by atoms with Crippen LogP contribution >= 0.6 is 11.3 Å². The first-order chi connectivity index (χ1) is 14.0. The molecule has 0 unspecified atom stereocenters. The van der Waals surface area contributed by atoms with E-state index in [1.807, 2.05) is 19.2 Å². The minimum Gasteiger partial charge on any atom is -0.490 e. The number of hydrogen-bond donors (Lipinski definition) is 0. The quantitative estimate of drug-likeness (QED) is 0.388. The smallest absolute Gasteiger partial charge is 0.338 e. The number of hydrogen-bond acceptors (Lipinski definition) is 7. The molecule has 7 nitrogen and oxygen atoms in total. The van der Waals surface area contributed by atoms with Gasteiger partial charge in [0, 0.05) is 17.1 Å². The Kier molecular flexibility index (Phi) is 6.87. The van der Waals surface area contributed by atoms with Gasteiger partial charge in [0.2, 0.25) is 0 Å². The molecule has 0 aliphatic rings. The summed E-state index contributed by atoms with van der Waals surface area (Å²) in [5, 5.41) is 1.86. The van der Waals surface area contributed by atoms with Crippen molar-refractivity contribution in [2.45, 2.75) is 40.2 Å². The summed E-state index contributed by atoms with van der Waals surface area (Å²) in [6, 6.07) is 6.35. The van der Waals surface area contributed by atoms with Gasteiger partial charge in [-0.2, -0.15) is 0 Å². The van der Waals surface area contributed by atoms with E-state index in [9.17, 15) is 9.59 Å². The van der Waals surface area contributed by atoms with E-state index in [2.05, 4.69) is 11.9 Å². The Labute approximate surface area is 172 Å². The largest absolute Gasteiger partial charge is 0.490 e. The van der Waals surface area contributed by atoms with Crippen LogP contribution in [0.1, 0.15) is 48.4 Å². The number of carbonyl (C=O) groups is 1. The number of aryl methyl sites for hydroxylation is 1. The predicted octanol–water partition coefficient (Wildman–Crippen LogP) is 4.00. The van der Waals surface area contributed by atoms with Crippen molar-refractivity contribution < 1.29 is 19.0 Å². The van der Waals surface area contributed by atoms with Crippen LogP contribution in [0.5, 0.6) is 11.5 Å². The third kappa shape index (κ3) is 4.95. The van der Waals surface area contributed by atoms with Crippen LogP contribution in [0.2, 0.25) is 0 Å². The van der Waals surface area contributed by atoms with E-state index in [0.717, 1.165) is 18.5 Å². The SMILES string of the molecule is CCCCOc1ccc(C(=O)OCc2cc(=O)n3c(C)csc3n2)cc1OCC. The van der Waals surface area contributed by atoms with Crippen molar-refractivity contribution in [1.82, 2.24) is 9.38 Å². The lowest BCUT2D eigenvalue weighted by Crippen LogP contribution is -2.16. The minimum atomic E-state index is -0.518. The summed E-state index contributed by atoms with van der Waals surface area (Å²) in [6.07, 6.45) is 1.97. The lowest BCUT2D eigenvalue weighted by atomic mass is 10.2. The number of rotatable bonds is 9. The highest BCUT2D eigenvalue weighted by Gasteiger charge is 2.14. The van der Waals surface area contributed by atoms with E-state index in [1.165, 1.54) is 21.8 Å².